The number of rotatable bonds is 2. The van der Waals surface area contributed by atoms with Gasteiger partial charge in [0.2, 0.25) is 0 Å². The van der Waals surface area contributed by atoms with Crippen molar-refractivity contribution in [1.29, 1.82) is 0 Å². The minimum atomic E-state index is -0.00358. The molecule has 1 fully saturated rings. The first kappa shape index (κ1) is 15.3. The monoisotopic (exact) mass is 403 g/mol. The summed E-state index contributed by atoms with van der Waals surface area (Å²) in [7, 11) is 0. The van der Waals surface area contributed by atoms with Gasteiger partial charge in [-0.3, -0.25) is 4.79 Å². The van der Waals surface area contributed by atoms with Crippen molar-refractivity contribution in [2.75, 3.05) is 13.1 Å². The Labute approximate surface area is 134 Å². The van der Waals surface area contributed by atoms with Crippen LogP contribution >= 0.6 is 31.9 Å². The average molecular weight is 405 g/mol. The third kappa shape index (κ3) is 3.32. The molecule has 1 aliphatic rings. The van der Waals surface area contributed by atoms with Crippen LogP contribution in [0.15, 0.2) is 32.3 Å². The van der Waals surface area contributed by atoms with E-state index in [9.17, 15) is 4.79 Å². The number of nitrogens with two attached hydrogens (primary N) is 1. The first-order valence-corrected chi connectivity index (χ1v) is 7.83. The predicted octanol–water partition coefficient (Wildman–Crippen LogP) is 2.81. The molecule has 0 aromatic heterocycles. The van der Waals surface area contributed by atoms with Crippen molar-refractivity contribution in [2.24, 2.45) is 16.8 Å². The molecule has 0 saturated carbocycles. The van der Waals surface area contributed by atoms with Crippen molar-refractivity contribution in [3.05, 3.63) is 32.7 Å². The molecule has 0 bridgehead atoms. The van der Waals surface area contributed by atoms with Crippen molar-refractivity contribution in [1.82, 2.24) is 4.90 Å². The van der Waals surface area contributed by atoms with Gasteiger partial charge in [-0.1, -0.05) is 21.1 Å². The Morgan fingerprint density at radius 3 is 2.60 bits per heavy atom. The number of hydrogen-bond acceptors (Lipinski definition) is 3. The van der Waals surface area contributed by atoms with Crippen LogP contribution in [-0.4, -0.2) is 34.9 Å². The molecule has 0 atom stereocenters. The van der Waals surface area contributed by atoms with Crippen molar-refractivity contribution >= 4 is 43.6 Å². The minimum absolute atomic E-state index is 0.00358. The molecule has 3 N–H and O–H groups in total. The molecule has 0 radical (unpaired) electrons. The standard InChI is InChI=1S/C13H15Br2N3O2/c14-9-1-2-11(15)10(7-9)13(19)18-5-3-8(4-6-18)12(16)17-20/h1-2,7-8,20H,3-6H2,(H2,16,17). The second-order valence-electron chi connectivity index (χ2n) is 4.72. The lowest BCUT2D eigenvalue weighted by Crippen LogP contribution is -2.41. The summed E-state index contributed by atoms with van der Waals surface area (Å²) in [6, 6.07) is 5.54. The van der Waals surface area contributed by atoms with Crippen LogP contribution < -0.4 is 5.73 Å². The van der Waals surface area contributed by atoms with Gasteiger partial charge in [-0.15, -0.1) is 0 Å². The van der Waals surface area contributed by atoms with Gasteiger partial charge in [0.15, 0.2) is 0 Å². The van der Waals surface area contributed by atoms with Gasteiger partial charge in [0.1, 0.15) is 5.84 Å². The van der Waals surface area contributed by atoms with Gasteiger partial charge in [0.25, 0.3) is 5.91 Å². The fourth-order valence-electron chi connectivity index (χ4n) is 2.29. The lowest BCUT2D eigenvalue weighted by Gasteiger charge is -2.31. The number of likely N-dealkylation sites (tertiary alicyclic amines) is 1. The van der Waals surface area contributed by atoms with E-state index in [0.29, 0.717) is 31.5 Å². The SMILES string of the molecule is N/C(=N/O)C1CCN(C(=O)c2cc(Br)ccc2Br)CC1. The molecule has 7 heteroatoms. The number of carbonyl (C=O) groups is 1. The normalized spacial score (nSPS) is 17.3. The molecular weight excluding hydrogens is 390 g/mol. The molecule has 0 aliphatic carbocycles. The third-order valence-electron chi connectivity index (χ3n) is 3.47. The number of amidine groups is 1. The fraction of sp³-hybridized carbons (Fsp3) is 0.385. The van der Waals surface area contributed by atoms with Crippen LogP contribution in [0.3, 0.4) is 0 Å². The maximum Gasteiger partial charge on any atom is 0.255 e. The van der Waals surface area contributed by atoms with Gasteiger partial charge in [-0.25, -0.2) is 0 Å². The van der Waals surface area contributed by atoms with Crippen molar-refractivity contribution in [3.8, 4) is 0 Å². The molecule has 1 amide bonds. The number of amides is 1. The van der Waals surface area contributed by atoms with Crippen LogP contribution in [0.5, 0.6) is 0 Å². The number of oxime groups is 1. The summed E-state index contributed by atoms with van der Waals surface area (Å²) in [6.45, 7) is 1.22. The molecule has 1 aliphatic heterocycles. The maximum atomic E-state index is 12.5. The van der Waals surface area contributed by atoms with Gasteiger partial charge < -0.3 is 15.8 Å². The molecule has 0 spiro atoms. The van der Waals surface area contributed by atoms with E-state index in [1.807, 2.05) is 18.2 Å². The summed E-state index contributed by atoms with van der Waals surface area (Å²) < 4.78 is 1.65. The van der Waals surface area contributed by atoms with Gasteiger partial charge >= 0.3 is 0 Å². The zero-order chi connectivity index (χ0) is 14.7. The topological polar surface area (TPSA) is 78.9 Å². The summed E-state index contributed by atoms with van der Waals surface area (Å²) >= 11 is 6.78. The third-order valence-corrected chi connectivity index (χ3v) is 4.66. The van der Waals surface area contributed by atoms with Crippen LogP contribution in [0.1, 0.15) is 23.2 Å². The van der Waals surface area contributed by atoms with E-state index in [2.05, 4.69) is 37.0 Å². The molecule has 2 rings (SSSR count). The van der Waals surface area contributed by atoms with Crippen LogP contribution in [-0.2, 0) is 0 Å². The van der Waals surface area contributed by atoms with Crippen LogP contribution in [0, 0.1) is 5.92 Å². The van der Waals surface area contributed by atoms with E-state index < -0.39 is 0 Å². The fourth-order valence-corrected chi connectivity index (χ4v) is 3.07. The highest BCUT2D eigenvalue weighted by atomic mass is 79.9. The predicted molar refractivity (Wildman–Crippen MR) is 83.9 cm³/mol. The minimum Gasteiger partial charge on any atom is -0.409 e. The van der Waals surface area contributed by atoms with Crippen molar-refractivity contribution in [2.45, 2.75) is 12.8 Å². The van der Waals surface area contributed by atoms with Gasteiger partial charge in [-0.05, 0) is 47.0 Å². The van der Waals surface area contributed by atoms with E-state index in [0.717, 1.165) is 8.95 Å². The second-order valence-corrected chi connectivity index (χ2v) is 6.49. The second kappa shape index (κ2) is 6.58. The smallest absolute Gasteiger partial charge is 0.255 e. The number of nitrogens with zero attached hydrogens (tertiary/aromatic N) is 2. The number of carbonyl (C=O) groups excluding carboxylic acids is 1. The molecule has 1 heterocycles. The quantitative estimate of drug-likeness (QED) is 0.344. The molecule has 5 nitrogen and oxygen atoms in total. The Kier molecular flexibility index (Phi) is 5.04. The molecule has 20 heavy (non-hydrogen) atoms. The molecule has 1 aromatic rings. The first-order chi connectivity index (χ1) is 9.52. The molecule has 108 valence electrons. The highest BCUT2D eigenvalue weighted by Crippen LogP contribution is 2.25. The number of benzene rings is 1. The highest BCUT2D eigenvalue weighted by Gasteiger charge is 2.26. The molecule has 1 aromatic carbocycles. The van der Waals surface area contributed by atoms with Crippen molar-refractivity contribution < 1.29 is 10.0 Å². The zero-order valence-electron chi connectivity index (χ0n) is 10.7. The van der Waals surface area contributed by atoms with Crippen LogP contribution in [0.25, 0.3) is 0 Å². The molecular formula is C13H15Br2N3O2. The summed E-state index contributed by atoms with van der Waals surface area (Å²) in [5.74, 6) is 0.298. The van der Waals surface area contributed by atoms with Gasteiger partial charge in [0.05, 0.1) is 5.56 Å². The Morgan fingerprint density at radius 1 is 1.35 bits per heavy atom. The Hall–Kier alpha value is -1.08. The van der Waals surface area contributed by atoms with E-state index >= 15 is 0 Å². The summed E-state index contributed by atoms with van der Waals surface area (Å²) in [6.07, 6.45) is 1.43. The van der Waals surface area contributed by atoms with E-state index in [1.165, 1.54) is 0 Å². The summed E-state index contributed by atoms with van der Waals surface area (Å²) in [4.78, 5) is 14.3. The van der Waals surface area contributed by atoms with Gasteiger partial charge in [0, 0.05) is 28.0 Å². The van der Waals surface area contributed by atoms with Gasteiger partial charge in [-0.2, -0.15) is 0 Å². The highest BCUT2D eigenvalue weighted by molar-refractivity contribution is 9.11. The first-order valence-electron chi connectivity index (χ1n) is 6.24. The lowest BCUT2D eigenvalue weighted by molar-refractivity contribution is 0.0708. The largest absolute Gasteiger partial charge is 0.409 e. The zero-order valence-corrected chi connectivity index (χ0v) is 13.9. The Morgan fingerprint density at radius 2 is 2.00 bits per heavy atom. The number of piperidine rings is 1. The maximum absolute atomic E-state index is 12.5. The van der Waals surface area contributed by atoms with E-state index in [4.69, 9.17) is 10.9 Å². The molecule has 0 unspecified atom stereocenters. The van der Waals surface area contributed by atoms with Crippen LogP contribution in [0.4, 0.5) is 0 Å². The number of halogens is 2. The average Bonchev–Trinajstić information content (AvgIpc) is 2.48. The van der Waals surface area contributed by atoms with E-state index in [1.54, 1.807) is 4.90 Å². The summed E-state index contributed by atoms with van der Waals surface area (Å²) in [5.41, 5.74) is 6.25. The number of hydrogen-bond donors (Lipinski definition) is 2. The summed E-state index contributed by atoms with van der Waals surface area (Å²) in [5, 5.41) is 11.7. The van der Waals surface area contributed by atoms with E-state index in [-0.39, 0.29) is 17.7 Å². The lowest BCUT2D eigenvalue weighted by atomic mass is 9.95. The van der Waals surface area contributed by atoms with Crippen molar-refractivity contribution in [3.63, 3.8) is 0 Å². The Balaban J connectivity index is 2.07. The Bertz CT molecular complexity index is 540. The van der Waals surface area contributed by atoms with Crippen LogP contribution in [0.2, 0.25) is 0 Å². The molecule has 1 saturated heterocycles.